The molecule has 1 fully saturated rings. The number of hydrogen-bond donors (Lipinski definition) is 1. The predicted molar refractivity (Wildman–Crippen MR) is 105 cm³/mol. The zero-order chi connectivity index (χ0) is 19.3. The Labute approximate surface area is 166 Å². The van der Waals surface area contributed by atoms with Crippen LogP contribution in [-0.4, -0.2) is 38.0 Å². The van der Waals surface area contributed by atoms with Gasteiger partial charge in [-0.2, -0.15) is 0 Å². The fourth-order valence-corrected chi connectivity index (χ4v) is 3.75. The van der Waals surface area contributed by atoms with Crippen molar-refractivity contribution in [2.24, 2.45) is 0 Å². The summed E-state index contributed by atoms with van der Waals surface area (Å²) in [7, 11) is 0. The van der Waals surface area contributed by atoms with E-state index >= 15 is 0 Å². The maximum Gasteiger partial charge on any atom is 0.230 e. The molecular formula is C20H20FN5OS. The largest absolute Gasteiger partial charge is 0.355 e. The van der Waals surface area contributed by atoms with E-state index in [0.29, 0.717) is 19.0 Å². The summed E-state index contributed by atoms with van der Waals surface area (Å²) in [5.74, 6) is 0.798. The summed E-state index contributed by atoms with van der Waals surface area (Å²) in [6, 6.07) is 10.6. The van der Waals surface area contributed by atoms with Crippen molar-refractivity contribution in [2.75, 3.05) is 12.3 Å². The van der Waals surface area contributed by atoms with E-state index in [4.69, 9.17) is 0 Å². The average molecular weight is 397 g/mol. The molecule has 1 amide bonds. The van der Waals surface area contributed by atoms with Crippen LogP contribution >= 0.6 is 11.8 Å². The van der Waals surface area contributed by atoms with Crippen LogP contribution in [0.1, 0.15) is 24.4 Å². The number of pyridine rings is 1. The number of benzene rings is 1. The van der Waals surface area contributed by atoms with Gasteiger partial charge >= 0.3 is 0 Å². The van der Waals surface area contributed by atoms with E-state index in [9.17, 15) is 9.18 Å². The van der Waals surface area contributed by atoms with Crippen LogP contribution in [0.25, 0.3) is 11.4 Å². The first kappa shape index (κ1) is 18.6. The first-order chi connectivity index (χ1) is 13.7. The third-order valence-corrected chi connectivity index (χ3v) is 5.44. The number of halogens is 1. The van der Waals surface area contributed by atoms with Gasteiger partial charge in [0.05, 0.1) is 5.75 Å². The summed E-state index contributed by atoms with van der Waals surface area (Å²) >= 11 is 1.40. The van der Waals surface area contributed by atoms with Gasteiger partial charge < -0.3 is 5.32 Å². The molecular weight excluding hydrogens is 377 g/mol. The summed E-state index contributed by atoms with van der Waals surface area (Å²) < 4.78 is 15.0. The first-order valence-corrected chi connectivity index (χ1v) is 10.2. The quantitative estimate of drug-likeness (QED) is 0.591. The van der Waals surface area contributed by atoms with Gasteiger partial charge in [-0.3, -0.25) is 14.3 Å². The normalized spacial score (nSPS) is 13.5. The van der Waals surface area contributed by atoms with Crippen molar-refractivity contribution in [3.8, 4) is 11.4 Å². The van der Waals surface area contributed by atoms with Gasteiger partial charge in [0.25, 0.3) is 0 Å². The van der Waals surface area contributed by atoms with Crippen LogP contribution in [-0.2, 0) is 11.2 Å². The van der Waals surface area contributed by atoms with Crippen LogP contribution in [0.2, 0.25) is 0 Å². The minimum atomic E-state index is -0.255. The summed E-state index contributed by atoms with van der Waals surface area (Å²) in [5, 5.41) is 12.3. The summed E-state index contributed by atoms with van der Waals surface area (Å²) in [6.45, 7) is 0.516. The van der Waals surface area contributed by atoms with Gasteiger partial charge in [-0.05, 0) is 49.1 Å². The van der Waals surface area contributed by atoms with Gasteiger partial charge in [0.15, 0.2) is 11.0 Å². The van der Waals surface area contributed by atoms with Crippen molar-refractivity contribution < 1.29 is 9.18 Å². The highest BCUT2D eigenvalue weighted by Crippen LogP contribution is 2.40. The summed E-state index contributed by atoms with van der Waals surface area (Å²) in [5.41, 5.74) is 1.97. The molecule has 8 heteroatoms. The number of thioether (sulfide) groups is 1. The number of amides is 1. The molecule has 0 radical (unpaired) electrons. The van der Waals surface area contributed by atoms with Crippen LogP contribution in [0.5, 0.6) is 0 Å². The van der Waals surface area contributed by atoms with Crippen LogP contribution < -0.4 is 5.32 Å². The third kappa shape index (κ3) is 4.56. The minimum absolute atomic E-state index is 0.0529. The van der Waals surface area contributed by atoms with Gasteiger partial charge in [-0.25, -0.2) is 4.39 Å². The zero-order valence-electron chi connectivity index (χ0n) is 15.2. The van der Waals surface area contributed by atoms with Crippen LogP contribution in [0.4, 0.5) is 4.39 Å². The SMILES string of the molecule is O=C(CSc1nnc(-c2ccncc2)n1C1CC1)NCCc1ccc(F)cc1. The fourth-order valence-electron chi connectivity index (χ4n) is 2.91. The van der Waals surface area contributed by atoms with Gasteiger partial charge in [-0.15, -0.1) is 10.2 Å². The van der Waals surface area contributed by atoms with Crippen LogP contribution in [0.3, 0.4) is 0 Å². The molecule has 0 atom stereocenters. The highest BCUT2D eigenvalue weighted by atomic mass is 32.2. The molecule has 28 heavy (non-hydrogen) atoms. The van der Waals surface area contributed by atoms with Crippen molar-refractivity contribution in [1.82, 2.24) is 25.1 Å². The highest BCUT2D eigenvalue weighted by Gasteiger charge is 2.30. The van der Waals surface area contributed by atoms with Gasteiger partial charge in [-0.1, -0.05) is 23.9 Å². The second-order valence-electron chi connectivity index (χ2n) is 6.66. The van der Waals surface area contributed by atoms with Crippen LogP contribution in [0, 0.1) is 5.82 Å². The molecule has 1 aromatic carbocycles. The number of rotatable bonds is 8. The van der Waals surface area contributed by atoms with E-state index < -0.39 is 0 Å². The van der Waals surface area contributed by atoms with Gasteiger partial charge in [0, 0.05) is 30.5 Å². The number of hydrogen-bond acceptors (Lipinski definition) is 5. The Morgan fingerprint density at radius 1 is 1.14 bits per heavy atom. The molecule has 6 nitrogen and oxygen atoms in total. The molecule has 0 saturated heterocycles. The molecule has 1 saturated carbocycles. The number of carbonyl (C=O) groups is 1. The summed E-state index contributed by atoms with van der Waals surface area (Å²) in [6.07, 6.45) is 6.35. The highest BCUT2D eigenvalue weighted by molar-refractivity contribution is 7.99. The van der Waals surface area contributed by atoms with Crippen molar-refractivity contribution in [2.45, 2.75) is 30.5 Å². The lowest BCUT2D eigenvalue weighted by molar-refractivity contribution is -0.118. The van der Waals surface area contributed by atoms with E-state index in [0.717, 1.165) is 34.9 Å². The molecule has 1 N–H and O–H groups in total. The number of carbonyl (C=O) groups excluding carboxylic acids is 1. The maximum absolute atomic E-state index is 12.9. The van der Waals surface area contributed by atoms with E-state index in [1.807, 2.05) is 12.1 Å². The van der Waals surface area contributed by atoms with E-state index in [1.54, 1.807) is 24.5 Å². The third-order valence-electron chi connectivity index (χ3n) is 4.50. The fraction of sp³-hybridized carbons (Fsp3) is 0.300. The standard InChI is InChI=1S/C20H20FN5OS/c21-16-3-1-14(2-4-16)7-12-23-18(27)13-28-20-25-24-19(26(20)17-5-6-17)15-8-10-22-11-9-15/h1-4,8-11,17H,5-7,12-13H2,(H,23,27). The molecule has 4 rings (SSSR count). The molecule has 1 aliphatic carbocycles. The topological polar surface area (TPSA) is 72.7 Å². The Kier molecular flexibility index (Phi) is 5.66. The smallest absolute Gasteiger partial charge is 0.230 e. The predicted octanol–water partition coefficient (Wildman–Crippen LogP) is 3.27. The Balaban J connectivity index is 1.32. The van der Waals surface area contributed by atoms with Crippen LogP contribution in [0.15, 0.2) is 53.9 Å². The average Bonchev–Trinajstić information content (AvgIpc) is 3.47. The lowest BCUT2D eigenvalue weighted by Crippen LogP contribution is -2.27. The zero-order valence-corrected chi connectivity index (χ0v) is 16.0. The second-order valence-corrected chi connectivity index (χ2v) is 7.60. The number of aromatic nitrogens is 4. The van der Waals surface area contributed by atoms with E-state index in [1.165, 1.54) is 23.9 Å². The van der Waals surface area contributed by atoms with E-state index in [2.05, 4.69) is 25.1 Å². The first-order valence-electron chi connectivity index (χ1n) is 9.20. The Morgan fingerprint density at radius 3 is 2.61 bits per heavy atom. The van der Waals surface area contributed by atoms with Crippen molar-refractivity contribution >= 4 is 17.7 Å². The second kappa shape index (κ2) is 8.52. The molecule has 3 aromatic rings. The lowest BCUT2D eigenvalue weighted by atomic mass is 10.1. The van der Waals surface area contributed by atoms with Crippen molar-refractivity contribution in [3.05, 3.63) is 60.2 Å². The maximum atomic E-state index is 12.9. The minimum Gasteiger partial charge on any atom is -0.355 e. The lowest BCUT2D eigenvalue weighted by Gasteiger charge is -2.09. The molecule has 1 aliphatic rings. The molecule has 0 aliphatic heterocycles. The number of nitrogens with zero attached hydrogens (tertiary/aromatic N) is 4. The van der Waals surface area contributed by atoms with E-state index in [-0.39, 0.29) is 17.5 Å². The monoisotopic (exact) mass is 397 g/mol. The van der Waals surface area contributed by atoms with Crippen molar-refractivity contribution in [1.29, 1.82) is 0 Å². The van der Waals surface area contributed by atoms with Gasteiger partial charge in [0.1, 0.15) is 5.82 Å². The molecule has 2 aromatic heterocycles. The molecule has 0 unspecified atom stereocenters. The Morgan fingerprint density at radius 2 is 1.89 bits per heavy atom. The molecule has 0 spiro atoms. The number of nitrogens with one attached hydrogen (secondary N) is 1. The molecule has 0 bridgehead atoms. The Hall–Kier alpha value is -2.74. The Bertz CT molecular complexity index is 941. The molecule has 2 heterocycles. The molecule has 144 valence electrons. The van der Waals surface area contributed by atoms with Gasteiger partial charge in [0.2, 0.25) is 5.91 Å². The summed E-state index contributed by atoms with van der Waals surface area (Å²) in [4.78, 5) is 16.2. The van der Waals surface area contributed by atoms with Crippen molar-refractivity contribution in [3.63, 3.8) is 0 Å².